The summed E-state index contributed by atoms with van der Waals surface area (Å²) < 4.78 is 6.07. The number of halogens is 1. The second kappa shape index (κ2) is 5.76. The van der Waals surface area contributed by atoms with Crippen LogP contribution in [0.2, 0.25) is 5.02 Å². The van der Waals surface area contributed by atoms with Gasteiger partial charge in [-0.15, -0.1) is 0 Å². The Hall–Kier alpha value is -2.11. The SMILES string of the molecule is COc1ccc(C2(C(=O)Nc3nc4cccc(Cl)c4s3)CC2)cc1. The Morgan fingerprint density at radius 1 is 1.25 bits per heavy atom. The third-order valence-corrected chi connectivity index (χ3v) is 5.86. The first-order valence-corrected chi connectivity index (χ1v) is 8.83. The summed E-state index contributed by atoms with van der Waals surface area (Å²) in [7, 11) is 1.63. The number of hydrogen-bond donors (Lipinski definition) is 1. The number of carbonyl (C=O) groups excluding carboxylic acids is 1. The fourth-order valence-corrected chi connectivity index (χ4v) is 4.02. The van der Waals surface area contributed by atoms with Crippen molar-refractivity contribution >= 4 is 44.2 Å². The zero-order valence-electron chi connectivity index (χ0n) is 13.0. The van der Waals surface area contributed by atoms with Crippen LogP contribution >= 0.6 is 22.9 Å². The minimum absolute atomic E-state index is 0.0113. The van der Waals surface area contributed by atoms with Crippen LogP contribution in [-0.2, 0) is 10.2 Å². The molecule has 6 heteroatoms. The molecule has 1 aliphatic rings. The number of hydrogen-bond acceptors (Lipinski definition) is 4. The quantitative estimate of drug-likeness (QED) is 0.739. The molecule has 0 aliphatic heterocycles. The van der Waals surface area contributed by atoms with Crippen molar-refractivity contribution in [2.75, 3.05) is 12.4 Å². The summed E-state index contributed by atoms with van der Waals surface area (Å²) in [6.45, 7) is 0. The van der Waals surface area contributed by atoms with Crippen molar-refractivity contribution in [2.45, 2.75) is 18.3 Å². The Labute approximate surface area is 148 Å². The summed E-state index contributed by atoms with van der Waals surface area (Å²) >= 11 is 7.58. The van der Waals surface area contributed by atoms with Crippen LogP contribution in [0.4, 0.5) is 5.13 Å². The molecule has 0 saturated heterocycles. The molecule has 0 unspecified atom stereocenters. The molecule has 1 N–H and O–H groups in total. The average molecular weight is 359 g/mol. The van der Waals surface area contributed by atoms with Gasteiger partial charge in [0, 0.05) is 0 Å². The van der Waals surface area contributed by atoms with Crippen LogP contribution in [0.1, 0.15) is 18.4 Å². The van der Waals surface area contributed by atoms with E-state index < -0.39 is 5.41 Å². The summed E-state index contributed by atoms with van der Waals surface area (Å²) in [6, 6.07) is 13.3. The van der Waals surface area contributed by atoms with Crippen LogP contribution in [0.3, 0.4) is 0 Å². The number of carbonyl (C=O) groups is 1. The molecule has 0 radical (unpaired) electrons. The average Bonchev–Trinajstić information content (AvgIpc) is 3.31. The minimum atomic E-state index is -0.450. The van der Waals surface area contributed by atoms with Crippen molar-refractivity contribution < 1.29 is 9.53 Å². The Morgan fingerprint density at radius 2 is 2.00 bits per heavy atom. The normalized spacial score (nSPS) is 15.2. The van der Waals surface area contributed by atoms with Gasteiger partial charge in [0.15, 0.2) is 5.13 Å². The number of rotatable bonds is 4. The van der Waals surface area contributed by atoms with Gasteiger partial charge < -0.3 is 10.1 Å². The number of benzene rings is 2. The van der Waals surface area contributed by atoms with Crippen molar-refractivity contribution in [3.05, 3.63) is 53.1 Å². The van der Waals surface area contributed by atoms with E-state index in [1.54, 1.807) is 7.11 Å². The maximum Gasteiger partial charge on any atom is 0.236 e. The van der Waals surface area contributed by atoms with Gasteiger partial charge in [-0.05, 0) is 42.7 Å². The number of aromatic nitrogens is 1. The van der Waals surface area contributed by atoms with Gasteiger partial charge in [-0.1, -0.05) is 41.1 Å². The highest BCUT2D eigenvalue weighted by Gasteiger charge is 2.51. The van der Waals surface area contributed by atoms with Crippen LogP contribution < -0.4 is 10.1 Å². The molecule has 1 aromatic heterocycles. The lowest BCUT2D eigenvalue weighted by Crippen LogP contribution is -2.27. The van der Waals surface area contributed by atoms with E-state index >= 15 is 0 Å². The predicted octanol–water partition coefficient (Wildman–Crippen LogP) is 4.63. The van der Waals surface area contributed by atoms with Crippen molar-refractivity contribution in [1.82, 2.24) is 4.98 Å². The highest BCUT2D eigenvalue weighted by molar-refractivity contribution is 7.23. The van der Waals surface area contributed by atoms with Gasteiger partial charge in [-0.3, -0.25) is 4.79 Å². The van der Waals surface area contributed by atoms with Crippen molar-refractivity contribution in [3.63, 3.8) is 0 Å². The second-order valence-electron chi connectivity index (χ2n) is 5.87. The first-order valence-electron chi connectivity index (χ1n) is 7.63. The molecule has 1 heterocycles. The third-order valence-electron chi connectivity index (χ3n) is 4.41. The highest BCUT2D eigenvalue weighted by Crippen LogP contribution is 2.49. The molecule has 4 nitrogen and oxygen atoms in total. The van der Waals surface area contributed by atoms with Crippen LogP contribution in [0.25, 0.3) is 10.2 Å². The molecule has 4 rings (SSSR count). The Kier molecular flexibility index (Phi) is 3.70. The molecule has 1 amide bonds. The van der Waals surface area contributed by atoms with Gasteiger partial charge in [-0.25, -0.2) is 4.98 Å². The summed E-state index contributed by atoms with van der Waals surface area (Å²) in [5, 5.41) is 4.21. The Morgan fingerprint density at radius 3 is 2.62 bits per heavy atom. The fourth-order valence-electron chi connectivity index (χ4n) is 2.87. The fraction of sp³-hybridized carbons (Fsp3) is 0.222. The minimum Gasteiger partial charge on any atom is -0.497 e. The van der Waals surface area contributed by atoms with E-state index in [1.165, 1.54) is 11.3 Å². The van der Waals surface area contributed by atoms with Gasteiger partial charge in [0.1, 0.15) is 5.75 Å². The third kappa shape index (κ3) is 2.54. The zero-order chi connectivity index (χ0) is 16.7. The first-order chi connectivity index (χ1) is 11.6. The highest BCUT2D eigenvalue weighted by atomic mass is 35.5. The standard InChI is InChI=1S/C18H15ClN2O2S/c1-23-12-7-5-11(6-8-12)18(9-10-18)16(22)21-17-20-14-4-2-3-13(19)15(14)24-17/h2-8H,9-10H2,1H3,(H,20,21,22). The predicted molar refractivity (Wildman–Crippen MR) is 97.2 cm³/mol. The van der Waals surface area contributed by atoms with E-state index in [1.807, 2.05) is 42.5 Å². The number of methoxy groups -OCH3 is 1. The Bertz CT molecular complexity index is 916. The van der Waals surface area contributed by atoms with Crippen molar-refractivity contribution in [1.29, 1.82) is 0 Å². The van der Waals surface area contributed by atoms with Crippen molar-refractivity contribution in [2.24, 2.45) is 0 Å². The number of nitrogens with one attached hydrogen (secondary N) is 1. The molecular formula is C18H15ClN2O2S. The molecule has 0 spiro atoms. The van der Waals surface area contributed by atoms with Gasteiger partial charge in [0.05, 0.1) is 27.8 Å². The molecule has 1 aliphatic carbocycles. The summed E-state index contributed by atoms with van der Waals surface area (Å²) in [5.41, 5.74) is 1.37. The first kappa shape index (κ1) is 15.4. The van der Waals surface area contributed by atoms with Crippen LogP contribution in [0.15, 0.2) is 42.5 Å². The topological polar surface area (TPSA) is 51.2 Å². The molecule has 0 bridgehead atoms. The smallest absolute Gasteiger partial charge is 0.236 e. The number of nitrogens with zero attached hydrogens (tertiary/aromatic N) is 1. The van der Waals surface area contributed by atoms with E-state index in [2.05, 4.69) is 10.3 Å². The van der Waals surface area contributed by atoms with Gasteiger partial charge >= 0.3 is 0 Å². The molecule has 0 atom stereocenters. The maximum absolute atomic E-state index is 12.8. The lowest BCUT2D eigenvalue weighted by Gasteiger charge is -2.15. The van der Waals surface area contributed by atoms with Gasteiger partial charge in [-0.2, -0.15) is 0 Å². The lowest BCUT2D eigenvalue weighted by molar-refractivity contribution is -0.118. The van der Waals surface area contributed by atoms with Gasteiger partial charge in [0.25, 0.3) is 0 Å². The molecular weight excluding hydrogens is 344 g/mol. The Balaban J connectivity index is 1.59. The number of fused-ring (bicyclic) bond motifs is 1. The van der Waals surface area contributed by atoms with E-state index in [-0.39, 0.29) is 5.91 Å². The molecule has 1 fully saturated rings. The van der Waals surface area contributed by atoms with E-state index in [9.17, 15) is 4.79 Å². The molecule has 3 aromatic rings. The summed E-state index contributed by atoms with van der Waals surface area (Å²) in [6.07, 6.45) is 1.69. The monoisotopic (exact) mass is 358 g/mol. The van der Waals surface area contributed by atoms with E-state index in [4.69, 9.17) is 16.3 Å². The summed E-state index contributed by atoms with van der Waals surface area (Å²) in [5.74, 6) is 0.776. The van der Waals surface area contributed by atoms with Gasteiger partial charge in [0.2, 0.25) is 5.91 Å². The number of anilines is 1. The van der Waals surface area contributed by atoms with Crippen LogP contribution in [0.5, 0.6) is 5.75 Å². The number of ether oxygens (including phenoxy) is 1. The number of thiazole rings is 1. The largest absolute Gasteiger partial charge is 0.497 e. The van der Waals surface area contributed by atoms with Crippen LogP contribution in [0, 0.1) is 0 Å². The summed E-state index contributed by atoms with van der Waals surface area (Å²) in [4.78, 5) is 17.3. The van der Waals surface area contributed by atoms with E-state index in [0.717, 1.165) is 34.4 Å². The van der Waals surface area contributed by atoms with Crippen molar-refractivity contribution in [3.8, 4) is 5.75 Å². The second-order valence-corrected chi connectivity index (χ2v) is 7.28. The molecule has 2 aromatic carbocycles. The van der Waals surface area contributed by atoms with Crippen LogP contribution in [-0.4, -0.2) is 18.0 Å². The lowest BCUT2D eigenvalue weighted by atomic mass is 9.95. The molecule has 1 saturated carbocycles. The van der Waals surface area contributed by atoms with E-state index in [0.29, 0.717) is 10.2 Å². The molecule has 122 valence electrons. The zero-order valence-corrected chi connectivity index (χ0v) is 14.6. The number of amides is 1. The maximum atomic E-state index is 12.8. The molecule has 24 heavy (non-hydrogen) atoms.